The zero-order valence-corrected chi connectivity index (χ0v) is 13.5. The number of carbonyl (C=O) groups excluding carboxylic acids is 1. The van der Waals surface area contributed by atoms with Crippen LogP contribution in [0.1, 0.15) is 32.1 Å². The Hall–Kier alpha value is -0.300. The van der Waals surface area contributed by atoms with Gasteiger partial charge in [-0.15, -0.1) is 0 Å². The van der Waals surface area contributed by atoms with Crippen molar-refractivity contribution in [1.29, 1.82) is 0 Å². The van der Waals surface area contributed by atoms with E-state index in [1.54, 1.807) is 0 Å². The predicted octanol–water partition coefficient (Wildman–Crippen LogP) is 0.580. The molecule has 3 fully saturated rings. The highest BCUT2D eigenvalue weighted by Gasteiger charge is 2.43. The smallest absolute Gasteiger partial charge is 0.231 e. The molecule has 3 N–H and O–H groups in total. The third kappa shape index (κ3) is 3.73. The van der Waals surface area contributed by atoms with Crippen molar-refractivity contribution in [3.8, 4) is 0 Å². The molecule has 0 aromatic carbocycles. The van der Waals surface area contributed by atoms with Gasteiger partial charge in [-0.25, -0.2) is 0 Å². The number of rotatable bonds is 4. The van der Waals surface area contributed by atoms with E-state index in [1.807, 2.05) is 11.8 Å². The number of amides is 1. The number of hydrogen-bond donors (Lipinski definition) is 2. The zero-order chi connectivity index (χ0) is 14.7. The number of nitrogens with one attached hydrogen (secondary N) is 1. The summed E-state index contributed by atoms with van der Waals surface area (Å²) < 4.78 is 6.12. The van der Waals surface area contributed by atoms with Crippen molar-refractivity contribution in [2.24, 2.45) is 5.73 Å². The largest absolute Gasteiger partial charge is 0.374 e. The van der Waals surface area contributed by atoms with Gasteiger partial charge in [0.05, 0.1) is 12.1 Å². The van der Waals surface area contributed by atoms with Crippen LogP contribution in [-0.2, 0) is 9.53 Å². The van der Waals surface area contributed by atoms with Crippen LogP contribution in [0, 0.1) is 0 Å². The Balaban J connectivity index is 1.70. The first-order valence-electron chi connectivity index (χ1n) is 8.15. The number of thioether (sulfide) groups is 1. The van der Waals surface area contributed by atoms with Gasteiger partial charge in [0.25, 0.3) is 0 Å². The summed E-state index contributed by atoms with van der Waals surface area (Å²) in [6.07, 6.45) is 5.49. The lowest BCUT2D eigenvalue weighted by atomic mass is 9.87. The Labute approximate surface area is 131 Å². The van der Waals surface area contributed by atoms with Crippen LogP contribution in [0.15, 0.2) is 0 Å². The lowest BCUT2D eigenvalue weighted by Gasteiger charge is -2.46. The van der Waals surface area contributed by atoms with E-state index in [2.05, 4.69) is 10.2 Å². The fourth-order valence-electron chi connectivity index (χ4n) is 4.02. The quantitative estimate of drug-likeness (QED) is 0.795. The Morgan fingerprint density at radius 3 is 2.81 bits per heavy atom. The second-order valence-electron chi connectivity index (χ2n) is 6.60. The molecule has 6 heteroatoms. The molecule has 1 amide bonds. The third-order valence-electron chi connectivity index (χ3n) is 5.12. The number of ether oxygens (including phenoxy) is 1. The molecular weight excluding hydrogens is 286 g/mol. The number of carbonyl (C=O) groups is 1. The molecule has 0 aliphatic carbocycles. The van der Waals surface area contributed by atoms with Crippen LogP contribution in [0.4, 0.5) is 0 Å². The summed E-state index contributed by atoms with van der Waals surface area (Å²) in [5.74, 6) is 2.12. The molecule has 1 spiro atoms. The van der Waals surface area contributed by atoms with Gasteiger partial charge >= 0.3 is 0 Å². The Bertz CT molecular complexity index is 368. The van der Waals surface area contributed by atoms with Crippen molar-refractivity contribution in [2.45, 2.75) is 49.8 Å². The summed E-state index contributed by atoms with van der Waals surface area (Å²) in [6, 6.07) is 0.945. The first-order chi connectivity index (χ1) is 10.2. The summed E-state index contributed by atoms with van der Waals surface area (Å²) in [6.45, 7) is 3.32. The minimum atomic E-state index is -0.199. The number of nitrogens with zero attached hydrogens (tertiary/aromatic N) is 1. The van der Waals surface area contributed by atoms with Crippen molar-refractivity contribution >= 4 is 17.7 Å². The maximum atomic E-state index is 11.5. The molecule has 3 saturated heterocycles. The van der Waals surface area contributed by atoms with Crippen molar-refractivity contribution in [3.05, 3.63) is 0 Å². The van der Waals surface area contributed by atoms with E-state index in [-0.39, 0.29) is 11.5 Å². The number of primary amides is 1. The predicted molar refractivity (Wildman–Crippen MR) is 85.4 cm³/mol. The van der Waals surface area contributed by atoms with Gasteiger partial charge in [-0.1, -0.05) is 0 Å². The lowest BCUT2D eigenvalue weighted by Crippen LogP contribution is -2.55. The van der Waals surface area contributed by atoms with Crippen LogP contribution in [0.5, 0.6) is 0 Å². The van der Waals surface area contributed by atoms with E-state index in [9.17, 15) is 4.79 Å². The van der Waals surface area contributed by atoms with Crippen LogP contribution in [-0.4, -0.2) is 66.2 Å². The highest BCUT2D eigenvalue weighted by atomic mass is 32.2. The van der Waals surface area contributed by atoms with Gasteiger partial charge in [-0.05, 0) is 50.9 Å². The van der Waals surface area contributed by atoms with Crippen molar-refractivity contribution in [3.63, 3.8) is 0 Å². The Morgan fingerprint density at radius 1 is 1.33 bits per heavy atom. The molecule has 3 aliphatic heterocycles. The molecule has 3 rings (SSSR count). The van der Waals surface area contributed by atoms with Crippen LogP contribution in [0.2, 0.25) is 0 Å². The topological polar surface area (TPSA) is 67.6 Å². The first-order valence-corrected chi connectivity index (χ1v) is 9.30. The molecule has 21 heavy (non-hydrogen) atoms. The van der Waals surface area contributed by atoms with Crippen molar-refractivity contribution in [2.75, 3.05) is 37.7 Å². The first kappa shape index (κ1) is 15.6. The highest BCUT2D eigenvalue weighted by molar-refractivity contribution is 7.99. The van der Waals surface area contributed by atoms with E-state index >= 15 is 0 Å². The molecule has 0 saturated carbocycles. The molecular formula is C15H27N3O2S. The van der Waals surface area contributed by atoms with E-state index < -0.39 is 0 Å². The van der Waals surface area contributed by atoms with Crippen LogP contribution < -0.4 is 11.1 Å². The summed E-state index contributed by atoms with van der Waals surface area (Å²) >= 11 is 2.00. The standard InChI is InChI=1S/C15H27N3O2S/c16-14(19)10-18(12-1-5-17-6-2-12)13-3-7-20-15(9-13)4-8-21-11-15/h12-13,17H,1-11H2,(H2,16,19). The summed E-state index contributed by atoms with van der Waals surface area (Å²) in [4.78, 5) is 13.9. The monoisotopic (exact) mass is 313 g/mol. The lowest BCUT2D eigenvalue weighted by molar-refractivity contribution is -0.125. The van der Waals surface area contributed by atoms with Gasteiger partial charge in [0.1, 0.15) is 0 Å². The number of nitrogens with two attached hydrogens (primary N) is 1. The van der Waals surface area contributed by atoms with E-state index in [4.69, 9.17) is 10.5 Å². The molecule has 2 unspecified atom stereocenters. The fourth-order valence-corrected chi connectivity index (χ4v) is 5.40. The van der Waals surface area contributed by atoms with Gasteiger partial charge in [0.2, 0.25) is 5.91 Å². The van der Waals surface area contributed by atoms with Crippen LogP contribution in [0.3, 0.4) is 0 Å². The maximum absolute atomic E-state index is 11.5. The van der Waals surface area contributed by atoms with Gasteiger partial charge < -0.3 is 15.8 Å². The molecule has 0 aromatic rings. The average Bonchev–Trinajstić information content (AvgIpc) is 2.93. The molecule has 0 radical (unpaired) electrons. The minimum absolute atomic E-state index is 0.0659. The second kappa shape index (κ2) is 6.86. The summed E-state index contributed by atoms with van der Waals surface area (Å²) in [7, 11) is 0. The fraction of sp³-hybridized carbons (Fsp3) is 0.933. The van der Waals surface area contributed by atoms with Crippen LogP contribution in [0.25, 0.3) is 0 Å². The van der Waals surface area contributed by atoms with E-state index in [0.29, 0.717) is 18.6 Å². The SMILES string of the molecule is NC(=O)CN(C1CCNCC1)C1CCOC2(CCSC2)C1. The van der Waals surface area contributed by atoms with Crippen molar-refractivity contribution in [1.82, 2.24) is 10.2 Å². The maximum Gasteiger partial charge on any atom is 0.231 e. The second-order valence-corrected chi connectivity index (χ2v) is 7.71. The highest BCUT2D eigenvalue weighted by Crippen LogP contribution is 2.40. The Kier molecular flexibility index (Phi) is 5.09. The van der Waals surface area contributed by atoms with Gasteiger partial charge in [0, 0.05) is 24.4 Å². The van der Waals surface area contributed by atoms with E-state index in [0.717, 1.165) is 57.6 Å². The molecule has 120 valence electrons. The van der Waals surface area contributed by atoms with Gasteiger partial charge in [-0.3, -0.25) is 9.69 Å². The molecule has 0 aromatic heterocycles. The summed E-state index contributed by atoms with van der Waals surface area (Å²) in [5.41, 5.74) is 5.59. The molecule has 5 nitrogen and oxygen atoms in total. The molecule has 3 aliphatic rings. The third-order valence-corrected chi connectivity index (χ3v) is 6.34. The van der Waals surface area contributed by atoms with Gasteiger partial charge in [0.15, 0.2) is 0 Å². The normalized spacial score (nSPS) is 34.6. The molecule has 2 atom stereocenters. The van der Waals surface area contributed by atoms with Crippen LogP contribution >= 0.6 is 11.8 Å². The van der Waals surface area contributed by atoms with E-state index in [1.165, 1.54) is 5.75 Å². The van der Waals surface area contributed by atoms with Crippen molar-refractivity contribution < 1.29 is 9.53 Å². The minimum Gasteiger partial charge on any atom is -0.374 e. The molecule has 0 bridgehead atoms. The van der Waals surface area contributed by atoms with Gasteiger partial charge in [-0.2, -0.15) is 11.8 Å². The Morgan fingerprint density at radius 2 is 2.14 bits per heavy atom. The molecule has 3 heterocycles. The number of hydrogen-bond acceptors (Lipinski definition) is 5. The zero-order valence-electron chi connectivity index (χ0n) is 12.7. The number of piperidine rings is 1. The summed E-state index contributed by atoms with van der Waals surface area (Å²) in [5, 5.41) is 3.40. The average molecular weight is 313 g/mol.